The quantitative estimate of drug-likeness (QED) is 0.890. The number of carbonyl (C=O) groups is 1. The minimum Gasteiger partial charge on any atom is -0.478 e. The number of carboxylic acid groups (broad SMARTS) is 1. The fourth-order valence-corrected chi connectivity index (χ4v) is 2.90. The molecule has 2 atom stereocenters. The molecule has 1 saturated carbocycles. The lowest BCUT2D eigenvalue weighted by molar-refractivity contribution is 0.0697. The standard InChI is InChI=1S/C14H18N4O3/c1-18-13-10(7-16-18)12(11(6-15-13)14(19)20)17-8-3-4-9(5-8)21-2/h6-9H,3-5H2,1-2H3,(H,15,17)(H,19,20). The molecule has 2 aromatic heterocycles. The van der Waals surface area contributed by atoms with Crippen molar-refractivity contribution in [1.29, 1.82) is 0 Å². The van der Waals surface area contributed by atoms with Gasteiger partial charge in [-0.2, -0.15) is 5.10 Å². The van der Waals surface area contributed by atoms with E-state index in [0.717, 1.165) is 24.6 Å². The van der Waals surface area contributed by atoms with E-state index in [1.165, 1.54) is 6.20 Å². The van der Waals surface area contributed by atoms with Crippen LogP contribution in [-0.4, -0.2) is 45.1 Å². The van der Waals surface area contributed by atoms with Gasteiger partial charge in [0.15, 0.2) is 5.65 Å². The first-order valence-corrected chi connectivity index (χ1v) is 6.93. The van der Waals surface area contributed by atoms with Gasteiger partial charge in [0.1, 0.15) is 5.56 Å². The Morgan fingerprint density at radius 2 is 2.29 bits per heavy atom. The van der Waals surface area contributed by atoms with Crippen LogP contribution in [0.2, 0.25) is 0 Å². The van der Waals surface area contributed by atoms with Gasteiger partial charge in [0, 0.05) is 26.4 Å². The largest absolute Gasteiger partial charge is 0.478 e. The van der Waals surface area contributed by atoms with E-state index in [9.17, 15) is 9.90 Å². The van der Waals surface area contributed by atoms with Gasteiger partial charge in [0.05, 0.1) is 23.4 Å². The number of nitrogens with zero attached hydrogens (tertiary/aromatic N) is 3. The van der Waals surface area contributed by atoms with Crippen molar-refractivity contribution in [3.63, 3.8) is 0 Å². The number of aryl methyl sites for hydroxylation is 1. The van der Waals surface area contributed by atoms with Crippen molar-refractivity contribution in [2.24, 2.45) is 7.05 Å². The van der Waals surface area contributed by atoms with Crippen LogP contribution in [0, 0.1) is 0 Å². The summed E-state index contributed by atoms with van der Waals surface area (Å²) in [5, 5.41) is 17.6. The SMILES string of the molecule is COC1CCC(Nc2c(C(=O)O)cnc3c2cnn3C)C1. The van der Waals surface area contributed by atoms with Crippen LogP contribution in [0.25, 0.3) is 11.0 Å². The molecule has 0 bridgehead atoms. The third kappa shape index (κ3) is 2.44. The number of hydrogen-bond donors (Lipinski definition) is 2. The average Bonchev–Trinajstić information content (AvgIpc) is 3.06. The van der Waals surface area contributed by atoms with Crippen LogP contribution in [0.3, 0.4) is 0 Å². The monoisotopic (exact) mass is 290 g/mol. The number of methoxy groups -OCH3 is 1. The maximum Gasteiger partial charge on any atom is 0.339 e. The third-order valence-electron chi connectivity index (χ3n) is 4.06. The Kier molecular flexibility index (Phi) is 3.50. The van der Waals surface area contributed by atoms with Gasteiger partial charge in [0.25, 0.3) is 0 Å². The highest BCUT2D eigenvalue weighted by molar-refractivity contribution is 6.03. The number of fused-ring (bicyclic) bond motifs is 1. The first kappa shape index (κ1) is 13.8. The highest BCUT2D eigenvalue weighted by atomic mass is 16.5. The van der Waals surface area contributed by atoms with Crippen LogP contribution >= 0.6 is 0 Å². The molecule has 1 aliphatic carbocycles. The molecule has 0 spiro atoms. The van der Waals surface area contributed by atoms with E-state index >= 15 is 0 Å². The number of pyridine rings is 1. The summed E-state index contributed by atoms with van der Waals surface area (Å²) in [5.41, 5.74) is 1.45. The van der Waals surface area contributed by atoms with E-state index in [1.807, 2.05) is 0 Å². The van der Waals surface area contributed by atoms with E-state index in [1.54, 1.807) is 25.0 Å². The van der Waals surface area contributed by atoms with E-state index < -0.39 is 5.97 Å². The molecule has 2 unspecified atom stereocenters. The van der Waals surface area contributed by atoms with Crippen molar-refractivity contribution in [2.45, 2.75) is 31.4 Å². The molecule has 0 aromatic carbocycles. The van der Waals surface area contributed by atoms with Gasteiger partial charge >= 0.3 is 5.97 Å². The molecular formula is C14H18N4O3. The summed E-state index contributed by atoms with van der Waals surface area (Å²) in [6.07, 6.45) is 6.10. The third-order valence-corrected chi connectivity index (χ3v) is 4.06. The highest BCUT2D eigenvalue weighted by Crippen LogP contribution is 2.30. The van der Waals surface area contributed by atoms with E-state index in [4.69, 9.17) is 4.74 Å². The Bertz CT molecular complexity index is 682. The minimum atomic E-state index is -0.989. The van der Waals surface area contributed by atoms with E-state index in [-0.39, 0.29) is 17.7 Å². The van der Waals surface area contributed by atoms with Crippen LogP contribution < -0.4 is 5.32 Å². The molecule has 0 saturated heterocycles. The first-order valence-electron chi connectivity index (χ1n) is 6.93. The van der Waals surface area contributed by atoms with Crippen LogP contribution in [0.1, 0.15) is 29.6 Å². The second kappa shape index (κ2) is 5.33. The Morgan fingerprint density at radius 3 is 2.95 bits per heavy atom. The topological polar surface area (TPSA) is 89.3 Å². The lowest BCUT2D eigenvalue weighted by Gasteiger charge is -2.17. The molecule has 3 rings (SSSR count). The maximum atomic E-state index is 11.4. The first-order chi connectivity index (χ1) is 10.1. The van der Waals surface area contributed by atoms with Crippen LogP contribution in [0.15, 0.2) is 12.4 Å². The summed E-state index contributed by atoms with van der Waals surface area (Å²) in [5.74, 6) is -0.989. The summed E-state index contributed by atoms with van der Waals surface area (Å²) in [7, 11) is 3.50. The molecule has 1 aliphatic rings. The highest BCUT2D eigenvalue weighted by Gasteiger charge is 2.26. The van der Waals surface area contributed by atoms with Gasteiger partial charge in [-0.15, -0.1) is 0 Å². The zero-order valence-corrected chi connectivity index (χ0v) is 12.0. The lowest BCUT2D eigenvalue weighted by atomic mass is 10.1. The minimum absolute atomic E-state index is 0.177. The summed E-state index contributed by atoms with van der Waals surface area (Å²) >= 11 is 0. The number of carboxylic acids is 1. The van der Waals surface area contributed by atoms with Crippen molar-refractivity contribution >= 4 is 22.7 Å². The second-order valence-electron chi connectivity index (χ2n) is 5.37. The summed E-state index contributed by atoms with van der Waals surface area (Å²) in [6, 6.07) is 0.207. The molecule has 0 amide bonds. The van der Waals surface area contributed by atoms with Gasteiger partial charge in [-0.3, -0.25) is 4.68 Å². The van der Waals surface area contributed by atoms with Crippen LogP contribution in [0.4, 0.5) is 5.69 Å². The Hall–Kier alpha value is -2.15. The van der Waals surface area contributed by atoms with E-state index in [2.05, 4.69) is 15.4 Å². The number of nitrogens with one attached hydrogen (secondary N) is 1. The smallest absolute Gasteiger partial charge is 0.339 e. The molecule has 21 heavy (non-hydrogen) atoms. The molecule has 0 radical (unpaired) electrons. The number of rotatable bonds is 4. The average molecular weight is 290 g/mol. The predicted molar refractivity (Wildman–Crippen MR) is 77.5 cm³/mol. The Morgan fingerprint density at radius 1 is 1.48 bits per heavy atom. The molecule has 1 fully saturated rings. The number of ether oxygens (including phenoxy) is 1. The summed E-state index contributed by atoms with van der Waals surface area (Å²) < 4.78 is 7.00. The normalized spacial score (nSPS) is 21.8. The van der Waals surface area contributed by atoms with Crippen LogP contribution in [0.5, 0.6) is 0 Å². The van der Waals surface area contributed by atoms with Gasteiger partial charge < -0.3 is 15.2 Å². The lowest BCUT2D eigenvalue weighted by Crippen LogP contribution is -2.19. The molecule has 2 aromatic rings. The van der Waals surface area contributed by atoms with Crippen molar-refractivity contribution in [3.8, 4) is 0 Å². The molecule has 7 nitrogen and oxygen atoms in total. The van der Waals surface area contributed by atoms with Gasteiger partial charge in [0.2, 0.25) is 0 Å². The fraction of sp³-hybridized carbons (Fsp3) is 0.500. The Labute approximate surface area is 121 Å². The number of aromatic nitrogens is 3. The molecule has 2 N–H and O–H groups in total. The van der Waals surface area contributed by atoms with Gasteiger partial charge in [-0.1, -0.05) is 0 Å². The van der Waals surface area contributed by atoms with E-state index in [0.29, 0.717) is 11.3 Å². The fourth-order valence-electron chi connectivity index (χ4n) is 2.90. The van der Waals surface area contributed by atoms with Crippen LogP contribution in [-0.2, 0) is 11.8 Å². The number of aromatic carboxylic acids is 1. The predicted octanol–water partition coefficient (Wildman–Crippen LogP) is 1.65. The van der Waals surface area contributed by atoms with Crippen molar-refractivity contribution in [1.82, 2.24) is 14.8 Å². The maximum absolute atomic E-state index is 11.4. The molecule has 0 aliphatic heterocycles. The summed E-state index contributed by atoms with van der Waals surface area (Å²) in [6.45, 7) is 0. The van der Waals surface area contributed by atoms with Crippen molar-refractivity contribution in [2.75, 3.05) is 12.4 Å². The molecule has 7 heteroatoms. The number of hydrogen-bond acceptors (Lipinski definition) is 5. The zero-order chi connectivity index (χ0) is 15.0. The molecule has 2 heterocycles. The van der Waals surface area contributed by atoms with Gasteiger partial charge in [-0.05, 0) is 19.3 Å². The van der Waals surface area contributed by atoms with Crippen molar-refractivity contribution < 1.29 is 14.6 Å². The van der Waals surface area contributed by atoms with Gasteiger partial charge in [-0.25, -0.2) is 9.78 Å². The summed E-state index contributed by atoms with van der Waals surface area (Å²) in [4.78, 5) is 15.6. The second-order valence-corrected chi connectivity index (χ2v) is 5.37. The van der Waals surface area contributed by atoms with Crippen molar-refractivity contribution in [3.05, 3.63) is 18.0 Å². The Balaban J connectivity index is 1.99. The number of anilines is 1. The zero-order valence-electron chi connectivity index (χ0n) is 12.0. The molecular weight excluding hydrogens is 272 g/mol. The molecule has 112 valence electrons.